The van der Waals surface area contributed by atoms with Gasteiger partial charge in [0.2, 0.25) is 0 Å². The molecule has 0 atom stereocenters. The Labute approximate surface area is 187 Å². The summed E-state index contributed by atoms with van der Waals surface area (Å²) in [5, 5.41) is 7.20. The number of hydrogen-bond donors (Lipinski definition) is 1. The maximum atomic E-state index is 13.1. The molecule has 3 heterocycles. The molecule has 0 aliphatic rings. The van der Waals surface area contributed by atoms with E-state index in [2.05, 4.69) is 25.1 Å². The van der Waals surface area contributed by atoms with Gasteiger partial charge >= 0.3 is 6.36 Å². The van der Waals surface area contributed by atoms with Gasteiger partial charge in [0, 0.05) is 11.3 Å². The molecule has 0 aliphatic carbocycles. The van der Waals surface area contributed by atoms with Crippen molar-refractivity contribution in [2.45, 2.75) is 34.1 Å². The Balaban J connectivity index is 1.81. The zero-order chi connectivity index (χ0) is 23.9. The second-order valence-corrected chi connectivity index (χ2v) is 7.66. The minimum Gasteiger partial charge on any atom is -0.405 e. The zero-order valence-electron chi connectivity index (χ0n) is 18.3. The number of benzene rings is 1. The lowest BCUT2D eigenvalue weighted by molar-refractivity contribution is -0.274. The average Bonchev–Trinajstić information content (AvgIpc) is 3.03. The molecule has 4 rings (SSSR count). The number of hydrogen-bond acceptors (Lipinski definition) is 5. The Hall–Kier alpha value is -3.95. The van der Waals surface area contributed by atoms with Crippen LogP contribution in [0.2, 0.25) is 0 Å². The fraction of sp³-hybridized carbons (Fsp3) is 0.217. The third kappa shape index (κ3) is 4.64. The van der Waals surface area contributed by atoms with Crippen molar-refractivity contribution in [2.75, 3.05) is 5.32 Å². The van der Waals surface area contributed by atoms with Crippen molar-refractivity contribution in [1.29, 1.82) is 0 Å². The van der Waals surface area contributed by atoms with Crippen LogP contribution in [0.25, 0.3) is 16.9 Å². The number of ether oxygens (including phenoxy) is 1. The minimum absolute atomic E-state index is 0.133. The summed E-state index contributed by atoms with van der Waals surface area (Å²) < 4.78 is 44.2. The number of rotatable bonds is 4. The SMILES string of the molecule is Cc1cc(C)nc(NC(=O)c2c(C)nc3c(C)cc(-c4ccccc4OC(F)(F)F)nn23)c1. The number of carbonyl (C=O) groups is 1. The molecule has 0 saturated carbocycles. The summed E-state index contributed by atoms with van der Waals surface area (Å²) in [6, 6.07) is 10.9. The van der Waals surface area contributed by atoms with Gasteiger partial charge in [-0.2, -0.15) is 5.10 Å². The third-order valence-corrected chi connectivity index (χ3v) is 4.89. The highest BCUT2D eigenvalue weighted by molar-refractivity contribution is 6.04. The smallest absolute Gasteiger partial charge is 0.405 e. The quantitative estimate of drug-likeness (QED) is 0.459. The van der Waals surface area contributed by atoms with Crippen molar-refractivity contribution in [2.24, 2.45) is 0 Å². The molecule has 170 valence electrons. The molecule has 3 aromatic heterocycles. The summed E-state index contributed by atoms with van der Waals surface area (Å²) in [6.45, 7) is 7.12. The highest BCUT2D eigenvalue weighted by Crippen LogP contribution is 2.33. The van der Waals surface area contributed by atoms with Gasteiger partial charge in [-0.1, -0.05) is 12.1 Å². The molecule has 0 spiro atoms. The maximum absolute atomic E-state index is 13.1. The van der Waals surface area contributed by atoms with Crippen LogP contribution in [0.1, 0.15) is 33.0 Å². The second kappa shape index (κ2) is 8.19. The van der Waals surface area contributed by atoms with Crippen LogP contribution >= 0.6 is 0 Å². The topological polar surface area (TPSA) is 81.4 Å². The fourth-order valence-electron chi connectivity index (χ4n) is 3.64. The molecule has 0 fully saturated rings. The van der Waals surface area contributed by atoms with Gasteiger partial charge in [0.15, 0.2) is 11.3 Å². The highest BCUT2D eigenvalue weighted by atomic mass is 19.4. The molecular weight excluding hydrogens is 435 g/mol. The standard InChI is InChI=1S/C23H20F3N5O2/c1-12-9-14(3)27-19(10-12)29-22(32)20-15(4)28-21-13(2)11-17(30-31(20)21)16-7-5-6-8-18(16)33-23(24,25)26/h5-11H,1-4H3,(H,27,29,32). The molecule has 10 heteroatoms. The van der Waals surface area contributed by atoms with E-state index in [9.17, 15) is 18.0 Å². The van der Waals surface area contributed by atoms with E-state index in [1.54, 1.807) is 32.0 Å². The van der Waals surface area contributed by atoms with E-state index < -0.39 is 18.0 Å². The van der Waals surface area contributed by atoms with Gasteiger partial charge < -0.3 is 10.1 Å². The number of nitrogens with one attached hydrogen (secondary N) is 1. The number of pyridine rings is 1. The van der Waals surface area contributed by atoms with Gasteiger partial charge in [-0.05, 0) is 69.2 Å². The molecule has 1 amide bonds. The Bertz CT molecular complexity index is 1360. The number of carbonyl (C=O) groups excluding carboxylic acids is 1. The van der Waals surface area contributed by atoms with Crippen LogP contribution in [0.5, 0.6) is 5.75 Å². The number of halogens is 3. The van der Waals surface area contributed by atoms with E-state index >= 15 is 0 Å². The summed E-state index contributed by atoms with van der Waals surface area (Å²) in [7, 11) is 0. The van der Waals surface area contributed by atoms with Crippen molar-refractivity contribution in [3.8, 4) is 17.0 Å². The number of aryl methyl sites for hydroxylation is 4. The molecule has 0 unspecified atom stereocenters. The molecule has 0 bridgehead atoms. The van der Waals surface area contributed by atoms with Crippen molar-refractivity contribution < 1.29 is 22.7 Å². The van der Waals surface area contributed by atoms with Gasteiger partial charge in [0.1, 0.15) is 11.6 Å². The lowest BCUT2D eigenvalue weighted by atomic mass is 10.1. The van der Waals surface area contributed by atoms with Crippen LogP contribution in [0, 0.1) is 27.7 Å². The number of fused-ring (bicyclic) bond motifs is 1. The number of aromatic nitrogens is 4. The van der Waals surface area contributed by atoms with Gasteiger partial charge in [-0.15, -0.1) is 13.2 Å². The number of nitrogens with zero attached hydrogens (tertiary/aromatic N) is 4. The Morgan fingerprint density at radius 2 is 1.76 bits per heavy atom. The van der Waals surface area contributed by atoms with E-state index in [1.807, 2.05) is 19.9 Å². The second-order valence-electron chi connectivity index (χ2n) is 7.66. The molecule has 0 saturated heterocycles. The number of para-hydroxylation sites is 1. The van der Waals surface area contributed by atoms with Crippen molar-refractivity contribution >= 4 is 17.4 Å². The van der Waals surface area contributed by atoms with E-state index in [-0.39, 0.29) is 17.0 Å². The highest BCUT2D eigenvalue weighted by Gasteiger charge is 2.32. The normalized spacial score (nSPS) is 11.6. The zero-order valence-corrected chi connectivity index (χ0v) is 18.3. The first kappa shape index (κ1) is 22.3. The lowest BCUT2D eigenvalue weighted by Crippen LogP contribution is -2.18. The van der Waals surface area contributed by atoms with Crippen molar-refractivity contribution in [1.82, 2.24) is 19.6 Å². The molecule has 0 aliphatic heterocycles. The lowest BCUT2D eigenvalue weighted by Gasteiger charge is -2.13. The van der Waals surface area contributed by atoms with Gasteiger partial charge in [0.05, 0.1) is 11.4 Å². The Morgan fingerprint density at radius 3 is 2.45 bits per heavy atom. The number of amides is 1. The molecule has 1 N–H and O–H groups in total. The van der Waals surface area contributed by atoms with Crippen molar-refractivity contribution in [3.63, 3.8) is 0 Å². The molecule has 1 aromatic carbocycles. The van der Waals surface area contributed by atoms with Crippen LogP contribution in [0.4, 0.5) is 19.0 Å². The van der Waals surface area contributed by atoms with Crippen LogP contribution in [-0.2, 0) is 0 Å². The van der Waals surface area contributed by atoms with E-state index in [1.165, 1.54) is 22.7 Å². The predicted octanol–water partition coefficient (Wildman–Crippen LogP) is 5.18. The third-order valence-electron chi connectivity index (χ3n) is 4.89. The minimum atomic E-state index is -4.86. The maximum Gasteiger partial charge on any atom is 0.573 e. The van der Waals surface area contributed by atoms with Gasteiger partial charge in [-0.3, -0.25) is 4.79 Å². The van der Waals surface area contributed by atoms with E-state index in [4.69, 9.17) is 0 Å². The average molecular weight is 455 g/mol. The predicted molar refractivity (Wildman–Crippen MR) is 116 cm³/mol. The Kier molecular flexibility index (Phi) is 5.52. The molecule has 4 aromatic rings. The first-order valence-electron chi connectivity index (χ1n) is 10.0. The van der Waals surface area contributed by atoms with E-state index in [0.717, 1.165) is 11.3 Å². The molecule has 33 heavy (non-hydrogen) atoms. The van der Waals surface area contributed by atoms with Crippen LogP contribution in [0.15, 0.2) is 42.5 Å². The van der Waals surface area contributed by atoms with Gasteiger partial charge in [0.25, 0.3) is 5.91 Å². The summed E-state index contributed by atoms with van der Waals surface area (Å²) in [5.41, 5.74) is 3.65. The number of imidazole rings is 1. The van der Waals surface area contributed by atoms with Gasteiger partial charge in [-0.25, -0.2) is 14.5 Å². The molecule has 7 nitrogen and oxygen atoms in total. The summed E-state index contributed by atoms with van der Waals surface area (Å²) >= 11 is 0. The Morgan fingerprint density at radius 1 is 1.03 bits per heavy atom. The summed E-state index contributed by atoms with van der Waals surface area (Å²) in [4.78, 5) is 21.9. The summed E-state index contributed by atoms with van der Waals surface area (Å²) in [5.74, 6) is -0.497. The van der Waals surface area contributed by atoms with E-state index in [0.29, 0.717) is 22.7 Å². The largest absolute Gasteiger partial charge is 0.573 e. The fourth-order valence-corrected chi connectivity index (χ4v) is 3.64. The molecule has 0 radical (unpaired) electrons. The first-order valence-corrected chi connectivity index (χ1v) is 10.0. The van der Waals surface area contributed by atoms with Crippen LogP contribution in [-0.4, -0.2) is 31.9 Å². The monoisotopic (exact) mass is 455 g/mol. The van der Waals surface area contributed by atoms with Crippen LogP contribution < -0.4 is 10.1 Å². The summed E-state index contributed by atoms with van der Waals surface area (Å²) in [6.07, 6.45) is -4.86. The number of anilines is 1. The number of alkyl halides is 3. The first-order chi connectivity index (χ1) is 15.5. The molecular formula is C23H20F3N5O2. The van der Waals surface area contributed by atoms with Crippen LogP contribution in [0.3, 0.4) is 0 Å². The van der Waals surface area contributed by atoms with Crippen molar-refractivity contribution in [3.05, 3.63) is 70.7 Å².